The van der Waals surface area contributed by atoms with Gasteiger partial charge in [0.1, 0.15) is 0 Å². The second-order valence-corrected chi connectivity index (χ2v) is 4.71. The summed E-state index contributed by atoms with van der Waals surface area (Å²) in [6.45, 7) is 6.98. The lowest BCUT2D eigenvalue weighted by molar-refractivity contribution is 0.919. The fourth-order valence-electron chi connectivity index (χ4n) is 2.03. The topological polar surface area (TPSA) is 29.0 Å². The van der Waals surface area contributed by atoms with Crippen LogP contribution in [0.25, 0.3) is 0 Å². The van der Waals surface area contributed by atoms with E-state index >= 15 is 0 Å². The van der Waals surface area contributed by atoms with Crippen LogP contribution >= 0.6 is 11.6 Å². The molecule has 1 aromatic carbocycles. The highest BCUT2D eigenvalue weighted by molar-refractivity contribution is 6.17. The minimum atomic E-state index is 0.447. The Bertz CT molecular complexity index is 569. The first kappa shape index (κ1) is 13.8. The fourth-order valence-corrected chi connectivity index (χ4v) is 2.29. The summed E-state index contributed by atoms with van der Waals surface area (Å²) in [5, 5.41) is 0. The van der Waals surface area contributed by atoms with E-state index in [2.05, 4.69) is 40.8 Å². The molecule has 0 atom stereocenters. The Morgan fingerprint density at radius 1 is 1.21 bits per heavy atom. The van der Waals surface area contributed by atoms with Crippen molar-refractivity contribution in [1.82, 2.24) is 9.97 Å². The molecule has 4 heteroatoms. The third kappa shape index (κ3) is 2.87. The van der Waals surface area contributed by atoms with Gasteiger partial charge in [-0.15, -0.1) is 11.6 Å². The number of hydrogen-bond donors (Lipinski definition) is 0. The average molecular weight is 276 g/mol. The molecule has 0 spiro atoms. The van der Waals surface area contributed by atoms with E-state index < -0.39 is 0 Å². The summed E-state index contributed by atoms with van der Waals surface area (Å²) >= 11 is 5.85. The minimum Gasteiger partial charge on any atom is -0.311 e. The smallest absolute Gasteiger partial charge is 0.230 e. The highest BCUT2D eigenvalue weighted by Gasteiger charge is 2.13. The molecule has 0 radical (unpaired) electrons. The summed E-state index contributed by atoms with van der Waals surface area (Å²) in [5.41, 5.74) is 4.27. The van der Waals surface area contributed by atoms with Crippen molar-refractivity contribution in [3.8, 4) is 0 Å². The molecular weight excluding hydrogens is 258 g/mol. The van der Waals surface area contributed by atoms with Gasteiger partial charge < -0.3 is 4.90 Å². The third-order valence-electron chi connectivity index (χ3n) is 3.18. The second kappa shape index (κ2) is 6.02. The van der Waals surface area contributed by atoms with Crippen LogP contribution in [0.15, 0.2) is 30.5 Å². The molecule has 2 aromatic rings. The van der Waals surface area contributed by atoms with Crippen molar-refractivity contribution in [2.75, 3.05) is 11.4 Å². The molecule has 0 saturated heterocycles. The number of aromatic nitrogens is 2. The maximum Gasteiger partial charge on any atom is 0.230 e. The van der Waals surface area contributed by atoms with E-state index in [9.17, 15) is 0 Å². The van der Waals surface area contributed by atoms with Crippen LogP contribution in [0.1, 0.15) is 23.7 Å². The summed E-state index contributed by atoms with van der Waals surface area (Å²) < 4.78 is 0. The molecule has 1 heterocycles. The first-order valence-corrected chi connectivity index (χ1v) is 6.92. The molecule has 0 aliphatic carbocycles. The van der Waals surface area contributed by atoms with Crippen molar-refractivity contribution in [1.29, 1.82) is 0 Å². The molecule has 0 saturated carbocycles. The van der Waals surface area contributed by atoms with E-state index in [-0.39, 0.29) is 0 Å². The maximum absolute atomic E-state index is 5.85. The lowest BCUT2D eigenvalue weighted by Gasteiger charge is -2.23. The van der Waals surface area contributed by atoms with E-state index in [1.165, 1.54) is 5.56 Å². The predicted octanol–water partition coefficient (Wildman–Crippen LogP) is 3.99. The number of benzene rings is 1. The highest BCUT2D eigenvalue weighted by Crippen LogP contribution is 2.25. The van der Waals surface area contributed by atoms with Gasteiger partial charge in [-0.25, -0.2) is 9.97 Å². The van der Waals surface area contributed by atoms with Gasteiger partial charge in [0, 0.05) is 29.7 Å². The van der Waals surface area contributed by atoms with Gasteiger partial charge in [0.2, 0.25) is 5.95 Å². The molecule has 1 aromatic heterocycles. The molecule has 19 heavy (non-hydrogen) atoms. The molecule has 0 N–H and O–H groups in total. The van der Waals surface area contributed by atoms with Gasteiger partial charge in [-0.1, -0.05) is 18.2 Å². The summed E-state index contributed by atoms with van der Waals surface area (Å²) in [7, 11) is 0. The molecule has 0 aliphatic rings. The zero-order chi connectivity index (χ0) is 13.8. The van der Waals surface area contributed by atoms with Crippen molar-refractivity contribution in [2.24, 2.45) is 0 Å². The van der Waals surface area contributed by atoms with Crippen LogP contribution < -0.4 is 4.90 Å². The zero-order valence-electron chi connectivity index (χ0n) is 11.5. The van der Waals surface area contributed by atoms with Gasteiger partial charge in [0.05, 0.1) is 5.88 Å². The number of para-hydroxylation sites is 1. The SMILES string of the molecule is CCN(c1ncc(CCl)c(C)n1)c1ccccc1C. The normalized spacial score (nSPS) is 10.5. The van der Waals surface area contributed by atoms with Gasteiger partial charge in [0.25, 0.3) is 0 Å². The lowest BCUT2D eigenvalue weighted by Crippen LogP contribution is -2.20. The summed E-state index contributed by atoms with van der Waals surface area (Å²) in [5.74, 6) is 1.17. The number of aryl methyl sites for hydroxylation is 2. The molecule has 3 nitrogen and oxygen atoms in total. The minimum absolute atomic E-state index is 0.447. The number of hydrogen-bond acceptors (Lipinski definition) is 3. The Hall–Kier alpha value is -1.61. The predicted molar refractivity (Wildman–Crippen MR) is 80.2 cm³/mol. The van der Waals surface area contributed by atoms with Crippen molar-refractivity contribution >= 4 is 23.2 Å². The van der Waals surface area contributed by atoms with E-state index in [0.29, 0.717) is 5.88 Å². The van der Waals surface area contributed by atoms with Gasteiger partial charge >= 0.3 is 0 Å². The molecule has 0 unspecified atom stereocenters. The molecule has 0 bridgehead atoms. The zero-order valence-corrected chi connectivity index (χ0v) is 12.3. The van der Waals surface area contributed by atoms with E-state index in [4.69, 9.17) is 11.6 Å². The standard InChI is InChI=1S/C15H18ClN3/c1-4-19(14-8-6-5-7-11(14)2)15-17-10-13(9-16)12(3)18-15/h5-8,10H,4,9H2,1-3H3. The average Bonchev–Trinajstić information content (AvgIpc) is 2.42. The van der Waals surface area contributed by atoms with Crippen molar-refractivity contribution in [3.05, 3.63) is 47.3 Å². The van der Waals surface area contributed by atoms with Crippen molar-refractivity contribution in [3.63, 3.8) is 0 Å². The molecular formula is C15H18ClN3. The van der Waals surface area contributed by atoms with Crippen LogP contribution in [0.2, 0.25) is 0 Å². The Morgan fingerprint density at radius 2 is 1.95 bits per heavy atom. The lowest BCUT2D eigenvalue weighted by atomic mass is 10.2. The third-order valence-corrected chi connectivity index (χ3v) is 3.46. The van der Waals surface area contributed by atoms with Gasteiger partial charge in [-0.05, 0) is 32.4 Å². The van der Waals surface area contributed by atoms with E-state index in [0.717, 1.165) is 29.4 Å². The summed E-state index contributed by atoms with van der Waals surface area (Å²) in [4.78, 5) is 11.1. The maximum atomic E-state index is 5.85. The molecule has 0 fully saturated rings. The van der Waals surface area contributed by atoms with Crippen LogP contribution in [-0.4, -0.2) is 16.5 Å². The monoisotopic (exact) mass is 275 g/mol. The van der Waals surface area contributed by atoms with Crippen LogP contribution in [0, 0.1) is 13.8 Å². The quantitative estimate of drug-likeness (QED) is 0.790. The fraction of sp³-hybridized carbons (Fsp3) is 0.333. The Morgan fingerprint density at radius 3 is 2.53 bits per heavy atom. The number of alkyl halides is 1. The second-order valence-electron chi connectivity index (χ2n) is 4.45. The van der Waals surface area contributed by atoms with Crippen LogP contribution in [0.4, 0.5) is 11.6 Å². The summed E-state index contributed by atoms with van der Waals surface area (Å²) in [6, 6.07) is 8.26. The van der Waals surface area contributed by atoms with Crippen molar-refractivity contribution < 1.29 is 0 Å². The number of nitrogens with zero attached hydrogens (tertiary/aromatic N) is 3. The van der Waals surface area contributed by atoms with E-state index in [1.54, 1.807) is 0 Å². The number of rotatable bonds is 4. The molecule has 0 amide bonds. The largest absolute Gasteiger partial charge is 0.311 e. The van der Waals surface area contributed by atoms with Gasteiger partial charge in [0.15, 0.2) is 0 Å². The van der Waals surface area contributed by atoms with Crippen LogP contribution in [-0.2, 0) is 5.88 Å². The Labute approximate surface area is 119 Å². The number of anilines is 2. The highest BCUT2D eigenvalue weighted by atomic mass is 35.5. The first-order chi connectivity index (χ1) is 9.17. The van der Waals surface area contributed by atoms with Crippen LogP contribution in [0.5, 0.6) is 0 Å². The molecule has 0 aliphatic heterocycles. The number of halogens is 1. The Kier molecular flexibility index (Phi) is 4.38. The Balaban J connectivity index is 2.43. The first-order valence-electron chi connectivity index (χ1n) is 6.39. The van der Waals surface area contributed by atoms with Crippen molar-refractivity contribution in [2.45, 2.75) is 26.7 Å². The molecule has 100 valence electrons. The van der Waals surface area contributed by atoms with Gasteiger partial charge in [-0.2, -0.15) is 0 Å². The van der Waals surface area contributed by atoms with E-state index in [1.807, 2.05) is 25.3 Å². The van der Waals surface area contributed by atoms with Gasteiger partial charge in [-0.3, -0.25) is 0 Å². The molecule has 2 rings (SSSR count). The van der Waals surface area contributed by atoms with Crippen LogP contribution in [0.3, 0.4) is 0 Å². The summed E-state index contributed by atoms with van der Waals surface area (Å²) in [6.07, 6.45) is 1.81.